The molecule has 0 aliphatic rings. The number of anilines is 2. The fraction of sp³-hybridized carbons (Fsp3) is 0.400. The second-order valence-electron chi connectivity index (χ2n) is 3.43. The minimum absolute atomic E-state index is 0.474. The third-order valence-electron chi connectivity index (χ3n) is 1.99. The second kappa shape index (κ2) is 4.53. The quantitative estimate of drug-likeness (QED) is 0.793. The maximum atomic E-state index is 11.5. The van der Waals surface area contributed by atoms with E-state index in [1.165, 1.54) is 10.6 Å². The molecule has 1 aromatic rings. The monoisotopic (exact) mass is 228 g/mol. The van der Waals surface area contributed by atoms with Gasteiger partial charge in [0.1, 0.15) is 0 Å². The Hall–Kier alpha value is -1.23. The molecule has 0 heterocycles. The van der Waals surface area contributed by atoms with Crippen LogP contribution in [0.4, 0.5) is 11.4 Å². The molecule has 0 fully saturated rings. The third kappa shape index (κ3) is 3.13. The largest absolute Gasteiger partial charge is 0.399 e. The van der Waals surface area contributed by atoms with Crippen molar-refractivity contribution in [3.05, 3.63) is 24.3 Å². The van der Waals surface area contributed by atoms with Gasteiger partial charge in [0.15, 0.2) is 0 Å². The van der Waals surface area contributed by atoms with E-state index in [4.69, 9.17) is 5.73 Å². The minimum Gasteiger partial charge on any atom is -0.399 e. The maximum Gasteiger partial charge on any atom is 0.232 e. The van der Waals surface area contributed by atoms with Gasteiger partial charge in [0, 0.05) is 12.2 Å². The van der Waals surface area contributed by atoms with Crippen molar-refractivity contribution < 1.29 is 8.42 Å². The van der Waals surface area contributed by atoms with E-state index in [-0.39, 0.29) is 0 Å². The molecule has 0 saturated heterocycles. The van der Waals surface area contributed by atoms with E-state index in [0.717, 1.165) is 6.42 Å². The van der Waals surface area contributed by atoms with Crippen molar-refractivity contribution in [2.24, 2.45) is 0 Å². The molecular weight excluding hydrogens is 212 g/mol. The van der Waals surface area contributed by atoms with E-state index < -0.39 is 10.0 Å². The molecule has 0 amide bonds. The zero-order chi connectivity index (χ0) is 11.5. The number of hydrogen-bond acceptors (Lipinski definition) is 3. The number of benzene rings is 1. The van der Waals surface area contributed by atoms with Gasteiger partial charge in [-0.1, -0.05) is 13.0 Å². The molecule has 4 nitrogen and oxygen atoms in total. The summed E-state index contributed by atoms with van der Waals surface area (Å²) >= 11 is 0. The predicted octanol–water partition coefficient (Wildman–Crippen LogP) is 1.44. The van der Waals surface area contributed by atoms with Crippen LogP contribution < -0.4 is 10.0 Å². The highest BCUT2D eigenvalue weighted by Crippen LogP contribution is 2.20. The first-order chi connectivity index (χ1) is 6.95. The molecule has 5 heteroatoms. The highest BCUT2D eigenvalue weighted by molar-refractivity contribution is 7.92. The fourth-order valence-corrected chi connectivity index (χ4v) is 2.38. The number of nitrogens with two attached hydrogens (primary N) is 1. The first-order valence-electron chi connectivity index (χ1n) is 4.78. The average Bonchev–Trinajstić information content (AvgIpc) is 2.12. The van der Waals surface area contributed by atoms with Crippen LogP contribution >= 0.6 is 0 Å². The molecule has 0 aliphatic heterocycles. The lowest BCUT2D eigenvalue weighted by Crippen LogP contribution is -2.30. The van der Waals surface area contributed by atoms with Crippen LogP contribution in [0.3, 0.4) is 0 Å². The summed E-state index contributed by atoms with van der Waals surface area (Å²) in [5.74, 6) is 0. The van der Waals surface area contributed by atoms with Crippen molar-refractivity contribution in [2.75, 3.05) is 22.8 Å². The van der Waals surface area contributed by atoms with Crippen molar-refractivity contribution in [1.82, 2.24) is 0 Å². The third-order valence-corrected chi connectivity index (χ3v) is 3.18. The standard InChI is InChI=1S/C10H16N2O2S/c1-3-7-12(15(2,13)14)10-6-4-5-9(11)8-10/h4-6,8H,3,7,11H2,1-2H3. The Labute approximate surface area is 90.8 Å². The van der Waals surface area contributed by atoms with E-state index in [0.29, 0.717) is 17.9 Å². The van der Waals surface area contributed by atoms with Gasteiger partial charge in [-0.2, -0.15) is 0 Å². The van der Waals surface area contributed by atoms with Gasteiger partial charge in [-0.15, -0.1) is 0 Å². The van der Waals surface area contributed by atoms with Crippen LogP contribution in [0.25, 0.3) is 0 Å². The molecule has 0 radical (unpaired) electrons. The van der Waals surface area contributed by atoms with Gasteiger partial charge < -0.3 is 5.73 Å². The smallest absolute Gasteiger partial charge is 0.232 e. The molecule has 0 atom stereocenters. The second-order valence-corrected chi connectivity index (χ2v) is 5.34. The summed E-state index contributed by atoms with van der Waals surface area (Å²) in [6.45, 7) is 2.41. The lowest BCUT2D eigenvalue weighted by atomic mass is 10.3. The lowest BCUT2D eigenvalue weighted by molar-refractivity contribution is 0.596. The summed E-state index contributed by atoms with van der Waals surface area (Å²) in [6, 6.07) is 6.89. The molecule has 0 spiro atoms. The first-order valence-corrected chi connectivity index (χ1v) is 6.63. The Kier molecular flexibility index (Phi) is 3.57. The number of nitrogen functional groups attached to an aromatic ring is 1. The SMILES string of the molecule is CCCN(c1cccc(N)c1)S(C)(=O)=O. The Bertz CT molecular complexity index is 429. The van der Waals surface area contributed by atoms with Crippen molar-refractivity contribution >= 4 is 21.4 Å². The Morgan fingerprint density at radius 2 is 2.07 bits per heavy atom. The van der Waals surface area contributed by atoms with Gasteiger partial charge in [-0.3, -0.25) is 4.31 Å². The highest BCUT2D eigenvalue weighted by Gasteiger charge is 2.15. The van der Waals surface area contributed by atoms with Crippen LogP contribution in [0.5, 0.6) is 0 Å². The van der Waals surface area contributed by atoms with E-state index in [2.05, 4.69) is 0 Å². The van der Waals surface area contributed by atoms with Crippen molar-refractivity contribution in [3.63, 3.8) is 0 Å². The molecule has 15 heavy (non-hydrogen) atoms. The van der Waals surface area contributed by atoms with Gasteiger partial charge >= 0.3 is 0 Å². The Morgan fingerprint density at radius 3 is 2.53 bits per heavy atom. The van der Waals surface area contributed by atoms with Gasteiger partial charge in [0.05, 0.1) is 11.9 Å². The molecule has 0 saturated carbocycles. The van der Waals surface area contributed by atoms with Crippen LogP contribution in [-0.2, 0) is 10.0 Å². The van der Waals surface area contributed by atoms with E-state index >= 15 is 0 Å². The lowest BCUT2D eigenvalue weighted by Gasteiger charge is -2.21. The predicted molar refractivity (Wildman–Crippen MR) is 63.3 cm³/mol. The van der Waals surface area contributed by atoms with Crippen molar-refractivity contribution in [3.8, 4) is 0 Å². The van der Waals surface area contributed by atoms with Gasteiger partial charge in [0.2, 0.25) is 10.0 Å². The molecule has 0 unspecified atom stereocenters. The zero-order valence-corrected chi connectivity index (χ0v) is 9.79. The molecule has 1 rings (SSSR count). The number of rotatable bonds is 4. The topological polar surface area (TPSA) is 63.4 Å². The number of hydrogen-bond donors (Lipinski definition) is 1. The van der Waals surface area contributed by atoms with Gasteiger partial charge in [-0.05, 0) is 24.6 Å². The zero-order valence-electron chi connectivity index (χ0n) is 8.97. The fourth-order valence-electron chi connectivity index (χ4n) is 1.37. The maximum absolute atomic E-state index is 11.5. The summed E-state index contributed by atoms with van der Waals surface area (Å²) in [5, 5.41) is 0. The molecule has 1 aromatic carbocycles. The van der Waals surface area contributed by atoms with Crippen molar-refractivity contribution in [2.45, 2.75) is 13.3 Å². The summed E-state index contributed by atoms with van der Waals surface area (Å²) in [6.07, 6.45) is 1.97. The van der Waals surface area contributed by atoms with Crippen LogP contribution in [-0.4, -0.2) is 21.2 Å². The molecule has 0 bridgehead atoms. The summed E-state index contributed by atoms with van der Waals surface area (Å²) < 4.78 is 24.4. The normalized spacial score (nSPS) is 11.3. The molecule has 84 valence electrons. The van der Waals surface area contributed by atoms with E-state index in [1.807, 2.05) is 6.92 Å². The Morgan fingerprint density at radius 1 is 1.40 bits per heavy atom. The molecule has 2 N–H and O–H groups in total. The van der Waals surface area contributed by atoms with Crippen molar-refractivity contribution in [1.29, 1.82) is 0 Å². The van der Waals surface area contributed by atoms with Gasteiger partial charge in [-0.25, -0.2) is 8.42 Å². The number of nitrogens with zero attached hydrogens (tertiary/aromatic N) is 1. The number of sulfonamides is 1. The summed E-state index contributed by atoms with van der Waals surface area (Å²) in [5.41, 5.74) is 6.81. The Balaban J connectivity index is 3.10. The van der Waals surface area contributed by atoms with E-state index in [1.54, 1.807) is 24.3 Å². The highest BCUT2D eigenvalue weighted by atomic mass is 32.2. The van der Waals surface area contributed by atoms with Crippen LogP contribution in [0.1, 0.15) is 13.3 Å². The molecule has 0 aromatic heterocycles. The summed E-state index contributed by atoms with van der Waals surface area (Å²) in [4.78, 5) is 0. The average molecular weight is 228 g/mol. The summed E-state index contributed by atoms with van der Waals surface area (Å²) in [7, 11) is -3.22. The molecule has 0 aliphatic carbocycles. The van der Waals surface area contributed by atoms with Gasteiger partial charge in [0.25, 0.3) is 0 Å². The van der Waals surface area contributed by atoms with Crippen LogP contribution in [0.2, 0.25) is 0 Å². The van der Waals surface area contributed by atoms with Crippen LogP contribution in [0.15, 0.2) is 24.3 Å². The van der Waals surface area contributed by atoms with Crippen LogP contribution in [0, 0.1) is 0 Å². The molecular formula is C10H16N2O2S. The van der Waals surface area contributed by atoms with E-state index in [9.17, 15) is 8.42 Å². The minimum atomic E-state index is -3.22. The first kappa shape index (κ1) is 11.8.